The van der Waals surface area contributed by atoms with Crippen molar-refractivity contribution < 1.29 is 4.79 Å². The highest BCUT2D eigenvalue weighted by atomic mass is 16.2. The molecule has 1 heterocycles. The molecule has 3 nitrogen and oxygen atoms in total. The molecular weight excluding hydrogens is 224 g/mol. The van der Waals surface area contributed by atoms with Crippen molar-refractivity contribution in [1.29, 1.82) is 0 Å². The third kappa shape index (κ3) is 2.91. The summed E-state index contributed by atoms with van der Waals surface area (Å²) in [5.74, 6) is 0.175. The van der Waals surface area contributed by atoms with Gasteiger partial charge in [0.2, 0.25) is 0 Å². The molecule has 1 aliphatic heterocycles. The molecule has 3 heteroatoms. The minimum Gasteiger partial charge on any atom is -0.334 e. The highest BCUT2D eigenvalue weighted by molar-refractivity contribution is 5.94. The Morgan fingerprint density at radius 3 is 2.94 bits per heavy atom. The van der Waals surface area contributed by atoms with E-state index in [4.69, 9.17) is 0 Å². The van der Waals surface area contributed by atoms with Crippen LogP contribution in [-0.4, -0.2) is 36.5 Å². The van der Waals surface area contributed by atoms with Crippen molar-refractivity contribution in [3.63, 3.8) is 0 Å². The summed E-state index contributed by atoms with van der Waals surface area (Å²) in [5, 5.41) is 3.34. The van der Waals surface area contributed by atoms with Gasteiger partial charge in [0.05, 0.1) is 0 Å². The van der Waals surface area contributed by atoms with Crippen LogP contribution in [0.3, 0.4) is 0 Å². The number of carbonyl (C=O) groups excluding carboxylic acids is 1. The number of aryl methyl sites for hydroxylation is 1. The van der Waals surface area contributed by atoms with Crippen LogP contribution in [0.4, 0.5) is 0 Å². The third-order valence-electron chi connectivity index (χ3n) is 3.47. The van der Waals surface area contributed by atoms with Crippen molar-refractivity contribution in [2.75, 3.05) is 19.6 Å². The average Bonchev–Trinajstić information content (AvgIpc) is 2.89. The summed E-state index contributed by atoms with van der Waals surface area (Å²) >= 11 is 0. The van der Waals surface area contributed by atoms with Crippen LogP contribution >= 0.6 is 0 Å². The van der Waals surface area contributed by atoms with Gasteiger partial charge in [0, 0.05) is 24.7 Å². The highest BCUT2D eigenvalue weighted by Crippen LogP contribution is 2.15. The molecule has 1 aromatic rings. The van der Waals surface area contributed by atoms with Crippen LogP contribution in [0.1, 0.15) is 35.7 Å². The van der Waals surface area contributed by atoms with Crippen molar-refractivity contribution in [3.8, 4) is 0 Å². The number of carbonyl (C=O) groups is 1. The van der Waals surface area contributed by atoms with Gasteiger partial charge in [-0.1, -0.05) is 24.6 Å². The summed E-state index contributed by atoms with van der Waals surface area (Å²) in [5.41, 5.74) is 1.96. The number of hydrogen-bond donors (Lipinski definition) is 1. The minimum atomic E-state index is 0.175. The number of hydrogen-bond acceptors (Lipinski definition) is 2. The van der Waals surface area contributed by atoms with Crippen molar-refractivity contribution in [2.24, 2.45) is 0 Å². The summed E-state index contributed by atoms with van der Waals surface area (Å²) in [6.45, 7) is 6.94. The molecule has 0 radical (unpaired) electrons. The SMILES string of the molecule is CCCN(C(=O)c1cccc(C)c1)C1CCNC1. The molecule has 98 valence electrons. The number of benzene rings is 1. The molecule has 0 aliphatic carbocycles. The van der Waals surface area contributed by atoms with Gasteiger partial charge in [0.15, 0.2) is 0 Å². The molecule has 0 spiro atoms. The Hall–Kier alpha value is -1.35. The number of rotatable bonds is 4. The molecule has 1 aromatic carbocycles. The fourth-order valence-corrected chi connectivity index (χ4v) is 2.54. The zero-order valence-corrected chi connectivity index (χ0v) is 11.3. The van der Waals surface area contributed by atoms with Gasteiger partial charge >= 0.3 is 0 Å². The van der Waals surface area contributed by atoms with Crippen LogP contribution in [-0.2, 0) is 0 Å². The standard InChI is InChI=1S/C15H22N2O/c1-3-9-17(14-7-8-16-11-14)15(18)13-6-4-5-12(2)10-13/h4-6,10,14,16H,3,7-9,11H2,1-2H3. The minimum absolute atomic E-state index is 0.175. The summed E-state index contributed by atoms with van der Waals surface area (Å²) in [6, 6.07) is 8.24. The maximum absolute atomic E-state index is 12.6. The summed E-state index contributed by atoms with van der Waals surface area (Å²) in [4.78, 5) is 14.6. The monoisotopic (exact) mass is 246 g/mol. The van der Waals surface area contributed by atoms with E-state index < -0.39 is 0 Å². The first kappa shape index (κ1) is 13.1. The number of amides is 1. The maximum atomic E-state index is 12.6. The predicted octanol–water partition coefficient (Wildman–Crippen LogP) is 2.21. The lowest BCUT2D eigenvalue weighted by Gasteiger charge is -2.28. The fourth-order valence-electron chi connectivity index (χ4n) is 2.54. The summed E-state index contributed by atoms with van der Waals surface area (Å²) < 4.78 is 0. The van der Waals surface area contributed by atoms with E-state index in [-0.39, 0.29) is 5.91 Å². The lowest BCUT2D eigenvalue weighted by Crippen LogP contribution is -2.42. The Balaban J connectivity index is 2.17. The molecule has 0 bridgehead atoms. The number of nitrogens with zero attached hydrogens (tertiary/aromatic N) is 1. The van der Waals surface area contributed by atoms with E-state index in [9.17, 15) is 4.79 Å². The molecule has 1 N–H and O–H groups in total. The van der Waals surface area contributed by atoms with E-state index in [1.807, 2.05) is 36.1 Å². The van der Waals surface area contributed by atoms with E-state index in [1.54, 1.807) is 0 Å². The largest absolute Gasteiger partial charge is 0.334 e. The van der Waals surface area contributed by atoms with E-state index in [1.165, 1.54) is 0 Å². The maximum Gasteiger partial charge on any atom is 0.254 e. The van der Waals surface area contributed by atoms with Crippen LogP contribution < -0.4 is 5.32 Å². The molecule has 0 saturated carbocycles. The van der Waals surface area contributed by atoms with Gasteiger partial charge in [-0.25, -0.2) is 0 Å². The molecule has 2 rings (SSSR count). The van der Waals surface area contributed by atoms with Crippen LogP contribution in [0.5, 0.6) is 0 Å². The first-order chi connectivity index (χ1) is 8.72. The van der Waals surface area contributed by atoms with Gasteiger partial charge in [-0.2, -0.15) is 0 Å². The molecule has 18 heavy (non-hydrogen) atoms. The Bertz CT molecular complexity index is 411. The quantitative estimate of drug-likeness (QED) is 0.883. The van der Waals surface area contributed by atoms with Crippen LogP contribution in [0.2, 0.25) is 0 Å². The predicted molar refractivity (Wildman–Crippen MR) is 73.8 cm³/mol. The third-order valence-corrected chi connectivity index (χ3v) is 3.47. The molecule has 1 fully saturated rings. The van der Waals surface area contributed by atoms with Gasteiger partial charge in [-0.3, -0.25) is 4.79 Å². The smallest absolute Gasteiger partial charge is 0.254 e. The van der Waals surface area contributed by atoms with E-state index in [0.717, 1.165) is 43.6 Å². The second-order valence-electron chi connectivity index (χ2n) is 5.01. The van der Waals surface area contributed by atoms with E-state index in [0.29, 0.717) is 6.04 Å². The first-order valence-electron chi connectivity index (χ1n) is 6.80. The summed E-state index contributed by atoms with van der Waals surface area (Å²) in [6.07, 6.45) is 2.08. The van der Waals surface area contributed by atoms with Gasteiger partial charge in [0.25, 0.3) is 5.91 Å². The Labute approximate surface area is 109 Å². The lowest BCUT2D eigenvalue weighted by atomic mass is 10.1. The van der Waals surface area contributed by atoms with Crippen molar-refractivity contribution in [2.45, 2.75) is 32.7 Å². The Kier molecular flexibility index (Phi) is 4.37. The van der Waals surface area contributed by atoms with Crippen LogP contribution in [0.15, 0.2) is 24.3 Å². The molecule has 1 aliphatic rings. The van der Waals surface area contributed by atoms with Crippen LogP contribution in [0, 0.1) is 6.92 Å². The summed E-state index contributed by atoms with van der Waals surface area (Å²) in [7, 11) is 0. The highest BCUT2D eigenvalue weighted by Gasteiger charge is 2.26. The van der Waals surface area contributed by atoms with Gasteiger partial charge in [-0.05, 0) is 38.4 Å². The van der Waals surface area contributed by atoms with Gasteiger partial charge < -0.3 is 10.2 Å². The molecule has 0 aromatic heterocycles. The molecular formula is C15H22N2O. The molecule has 1 atom stereocenters. The molecule has 1 unspecified atom stereocenters. The lowest BCUT2D eigenvalue weighted by molar-refractivity contribution is 0.0692. The fraction of sp³-hybridized carbons (Fsp3) is 0.533. The normalized spacial score (nSPS) is 18.9. The van der Waals surface area contributed by atoms with Crippen molar-refractivity contribution >= 4 is 5.91 Å². The molecule has 1 saturated heterocycles. The first-order valence-corrected chi connectivity index (χ1v) is 6.80. The van der Waals surface area contributed by atoms with Crippen molar-refractivity contribution in [1.82, 2.24) is 10.2 Å². The van der Waals surface area contributed by atoms with E-state index in [2.05, 4.69) is 12.2 Å². The van der Waals surface area contributed by atoms with Crippen molar-refractivity contribution in [3.05, 3.63) is 35.4 Å². The molecule has 1 amide bonds. The average molecular weight is 246 g/mol. The second kappa shape index (κ2) is 6.01. The Morgan fingerprint density at radius 2 is 2.33 bits per heavy atom. The van der Waals surface area contributed by atoms with Gasteiger partial charge in [-0.15, -0.1) is 0 Å². The Morgan fingerprint density at radius 1 is 1.50 bits per heavy atom. The topological polar surface area (TPSA) is 32.3 Å². The van der Waals surface area contributed by atoms with Crippen LogP contribution in [0.25, 0.3) is 0 Å². The zero-order valence-electron chi connectivity index (χ0n) is 11.3. The van der Waals surface area contributed by atoms with Gasteiger partial charge in [0.1, 0.15) is 0 Å². The zero-order chi connectivity index (χ0) is 13.0. The van der Waals surface area contributed by atoms with E-state index >= 15 is 0 Å². The second-order valence-corrected chi connectivity index (χ2v) is 5.01. The number of nitrogens with one attached hydrogen (secondary N) is 1.